The van der Waals surface area contributed by atoms with Gasteiger partial charge < -0.3 is 15.3 Å². The van der Waals surface area contributed by atoms with Crippen molar-refractivity contribution >= 4 is 12.0 Å². The van der Waals surface area contributed by atoms with E-state index in [1.165, 1.54) is 19.3 Å². The lowest BCUT2D eigenvalue weighted by Gasteiger charge is -2.44. The second kappa shape index (κ2) is 9.41. The van der Waals surface area contributed by atoms with E-state index in [9.17, 15) is 9.59 Å². The largest absolute Gasteiger partial charge is 0.480 e. The lowest BCUT2D eigenvalue weighted by Crippen LogP contribution is -2.57. The van der Waals surface area contributed by atoms with Crippen LogP contribution in [0.3, 0.4) is 0 Å². The monoisotopic (exact) mass is 387 g/mol. The zero-order chi connectivity index (χ0) is 20.1. The number of benzene rings is 1. The van der Waals surface area contributed by atoms with Gasteiger partial charge in [0.05, 0.1) is 12.6 Å². The summed E-state index contributed by atoms with van der Waals surface area (Å²) in [6, 6.07) is 10.6. The highest BCUT2D eigenvalue weighted by molar-refractivity contribution is 5.75. The van der Waals surface area contributed by atoms with Gasteiger partial charge in [0.1, 0.15) is 0 Å². The summed E-state index contributed by atoms with van der Waals surface area (Å²) >= 11 is 0. The topological polar surface area (TPSA) is 72.9 Å². The maximum atomic E-state index is 13.1. The second-order valence-corrected chi connectivity index (χ2v) is 8.26. The predicted molar refractivity (Wildman–Crippen MR) is 109 cm³/mol. The van der Waals surface area contributed by atoms with Gasteiger partial charge in [0.2, 0.25) is 0 Å². The molecule has 0 aromatic heterocycles. The summed E-state index contributed by atoms with van der Waals surface area (Å²) in [4.78, 5) is 28.0. The van der Waals surface area contributed by atoms with Gasteiger partial charge in [-0.05, 0) is 50.6 Å². The number of carbonyl (C=O) groups excluding carboxylic acids is 1. The highest BCUT2D eigenvalue weighted by atomic mass is 16.4. The van der Waals surface area contributed by atoms with Crippen LogP contribution < -0.4 is 5.32 Å². The molecule has 1 unspecified atom stereocenters. The molecule has 3 rings (SSSR count). The molecule has 0 radical (unpaired) electrons. The van der Waals surface area contributed by atoms with Crippen LogP contribution in [0.25, 0.3) is 0 Å². The predicted octanol–water partition coefficient (Wildman–Crippen LogP) is 3.50. The number of carbonyl (C=O) groups is 2. The number of likely N-dealkylation sites (N-methyl/N-ethyl adjacent to an activating group) is 1. The van der Waals surface area contributed by atoms with E-state index in [0.717, 1.165) is 31.5 Å². The number of rotatable bonds is 9. The molecule has 1 aromatic rings. The smallest absolute Gasteiger partial charge is 0.318 e. The van der Waals surface area contributed by atoms with Crippen LogP contribution >= 0.6 is 0 Å². The van der Waals surface area contributed by atoms with Gasteiger partial charge in [-0.1, -0.05) is 43.7 Å². The number of urea groups is 1. The molecular formula is C22H33N3O3. The van der Waals surface area contributed by atoms with E-state index in [0.29, 0.717) is 5.92 Å². The average Bonchev–Trinajstić information content (AvgIpc) is 2.61. The molecule has 28 heavy (non-hydrogen) atoms. The molecule has 2 N–H and O–H groups in total. The number of carboxylic acids is 1. The van der Waals surface area contributed by atoms with Gasteiger partial charge in [-0.2, -0.15) is 0 Å². The number of hydrogen-bond acceptors (Lipinski definition) is 3. The maximum absolute atomic E-state index is 13.1. The van der Waals surface area contributed by atoms with Gasteiger partial charge in [0.15, 0.2) is 0 Å². The summed E-state index contributed by atoms with van der Waals surface area (Å²) in [5.41, 5.74) is 1.15. The zero-order valence-corrected chi connectivity index (χ0v) is 17.0. The van der Waals surface area contributed by atoms with Crippen molar-refractivity contribution in [3.05, 3.63) is 35.9 Å². The van der Waals surface area contributed by atoms with E-state index in [2.05, 4.69) is 24.4 Å². The van der Waals surface area contributed by atoms with E-state index < -0.39 is 5.97 Å². The van der Waals surface area contributed by atoms with Crippen LogP contribution in [0.1, 0.15) is 57.6 Å². The Morgan fingerprint density at radius 3 is 2.43 bits per heavy atom. The van der Waals surface area contributed by atoms with Crippen molar-refractivity contribution in [1.82, 2.24) is 15.1 Å². The molecule has 0 aliphatic heterocycles. The first-order chi connectivity index (χ1) is 13.5. The van der Waals surface area contributed by atoms with Crippen LogP contribution in [0.5, 0.6) is 0 Å². The molecule has 6 nitrogen and oxygen atoms in total. The van der Waals surface area contributed by atoms with Crippen molar-refractivity contribution in [2.45, 2.75) is 64.1 Å². The molecule has 2 saturated carbocycles. The van der Waals surface area contributed by atoms with Crippen LogP contribution in [0, 0.1) is 5.92 Å². The van der Waals surface area contributed by atoms with Gasteiger partial charge in [0.25, 0.3) is 0 Å². The molecule has 2 aliphatic rings. The van der Waals surface area contributed by atoms with Crippen LogP contribution in [-0.4, -0.2) is 58.6 Å². The minimum atomic E-state index is -0.794. The normalized spacial score (nSPS) is 22.8. The Bertz CT molecular complexity index is 656. The van der Waals surface area contributed by atoms with E-state index in [4.69, 9.17) is 5.11 Å². The highest BCUT2D eigenvalue weighted by Gasteiger charge is 2.36. The second-order valence-electron chi connectivity index (χ2n) is 8.26. The fourth-order valence-electron chi connectivity index (χ4n) is 4.22. The molecule has 2 amide bonds. The number of hydrogen-bond donors (Lipinski definition) is 2. The number of nitrogens with zero attached hydrogens (tertiary/aromatic N) is 2. The lowest BCUT2D eigenvalue weighted by atomic mass is 9.84. The number of aliphatic carboxylic acids is 1. The Kier molecular flexibility index (Phi) is 6.94. The molecule has 0 saturated heterocycles. The summed E-state index contributed by atoms with van der Waals surface area (Å²) in [5, 5.41) is 12.2. The summed E-state index contributed by atoms with van der Waals surface area (Å²) < 4.78 is 0. The Labute approximate surface area is 167 Å². The van der Waals surface area contributed by atoms with Crippen LogP contribution in [-0.2, 0) is 4.79 Å². The first-order valence-electron chi connectivity index (χ1n) is 10.6. The summed E-state index contributed by atoms with van der Waals surface area (Å²) in [6.45, 7) is 5.68. The lowest BCUT2D eigenvalue weighted by molar-refractivity contribution is -0.139. The third kappa shape index (κ3) is 5.04. The average molecular weight is 388 g/mol. The van der Waals surface area contributed by atoms with Gasteiger partial charge in [-0.15, -0.1) is 0 Å². The van der Waals surface area contributed by atoms with Crippen molar-refractivity contribution < 1.29 is 14.7 Å². The molecule has 1 aromatic carbocycles. The van der Waals surface area contributed by atoms with E-state index in [1.807, 2.05) is 34.9 Å². The number of carboxylic acid groups (broad SMARTS) is 1. The Balaban J connectivity index is 1.57. The SMILES string of the molecule is CCN(CC(=O)O)C1CC(NC(=O)N(CC2CCC2)C(C)c2ccccc2)C1. The molecule has 1 atom stereocenters. The van der Waals surface area contributed by atoms with Crippen molar-refractivity contribution in [2.24, 2.45) is 5.92 Å². The molecule has 154 valence electrons. The Hall–Kier alpha value is -2.08. The summed E-state index contributed by atoms with van der Waals surface area (Å²) in [7, 11) is 0. The van der Waals surface area contributed by atoms with E-state index >= 15 is 0 Å². The quantitative estimate of drug-likeness (QED) is 0.680. The minimum Gasteiger partial charge on any atom is -0.480 e. The molecule has 0 heterocycles. The molecule has 0 spiro atoms. The van der Waals surface area contributed by atoms with Gasteiger partial charge in [-0.25, -0.2) is 4.79 Å². The third-order valence-electron chi connectivity index (χ3n) is 6.39. The highest BCUT2D eigenvalue weighted by Crippen LogP contribution is 2.31. The molecule has 2 fully saturated rings. The van der Waals surface area contributed by atoms with Crippen molar-refractivity contribution in [3.8, 4) is 0 Å². The third-order valence-corrected chi connectivity index (χ3v) is 6.39. The van der Waals surface area contributed by atoms with Gasteiger partial charge >= 0.3 is 12.0 Å². The number of amides is 2. The number of nitrogens with one attached hydrogen (secondary N) is 1. The van der Waals surface area contributed by atoms with Crippen LogP contribution in [0.15, 0.2) is 30.3 Å². The Morgan fingerprint density at radius 1 is 1.21 bits per heavy atom. The zero-order valence-electron chi connectivity index (χ0n) is 17.0. The van der Waals surface area contributed by atoms with Gasteiger partial charge in [-0.3, -0.25) is 9.69 Å². The first-order valence-corrected chi connectivity index (χ1v) is 10.6. The van der Waals surface area contributed by atoms with E-state index in [-0.39, 0.29) is 30.7 Å². The minimum absolute atomic E-state index is 0.00739. The van der Waals surface area contributed by atoms with E-state index in [1.54, 1.807) is 0 Å². The maximum Gasteiger partial charge on any atom is 0.318 e. The fourth-order valence-corrected chi connectivity index (χ4v) is 4.22. The van der Waals surface area contributed by atoms with Crippen LogP contribution in [0.4, 0.5) is 4.79 Å². The van der Waals surface area contributed by atoms with Crippen molar-refractivity contribution in [1.29, 1.82) is 0 Å². The van der Waals surface area contributed by atoms with Gasteiger partial charge in [0, 0.05) is 18.6 Å². The molecule has 6 heteroatoms. The summed E-state index contributed by atoms with van der Waals surface area (Å²) in [5.74, 6) is -0.185. The standard InChI is InChI=1S/C22H33N3O3/c1-3-24(15-21(26)27)20-12-19(13-20)23-22(28)25(14-17-8-7-9-17)16(2)18-10-5-4-6-11-18/h4-6,10-11,16-17,19-20H,3,7-9,12-15H2,1-2H3,(H,23,28)(H,26,27). The summed E-state index contributed by atoms with van der Waals surface area (Å²) in [6.07, 6.45) is 5.32. The van der Waals surface area contributed by atoms with Crippen LogP contribution in [0.2, 0.25) is 0 Å². The molecule has 2 aliphatic carbocycles. The first kappa shape index (κ1) is 20.6. The van der Waals surface area contributed by atoms with Crippen molar-refractivity contribution in [3.63, 3.8) is 0 Å². The van der Waals surface area contributed by atoms with Crippen molar-refractivity contribution in [2.75, 3.05) is 19.6 Å². The molecule has 0 bridgehead atoms. The Morgan fingerprint density at radius 2 is 1.89 bits per heavy atom. The molecular weight excluding hydrogens is 354 g/mol. The fraction of sp³-hybridized carbons (Fsp3) is 0.636.